The lowest BCUT2D eigenvalue weighted by atomic mass is 10.3. The van der Waals surface area contributed by atoms with E-state index in [0.29, 0.717) is 5.75 Å². The van der Waals surface area contributed by atoms with Gasteiger partial charge in [0.25, 0.3) is 10.0 Å². The van der Waals surface area contributed by atoms with Crippen LogP contribution in [0.5, 0.6) is 5.75 Å². The lowest BCUT2D eigenvalue weighted by molar-refractivity contribution is -0.121. The molecular formula is C15H15F3N2O5S2. The zero-order valence-electron chi connectivity index (χ0n) is 13.8. The van der Waals surface area contributed by atoms with Crippen LogP contribution in [0.15, 0.2) is 58.3 Å². The van der Waals surface area contributed by atoms with Gasteiger partial charge in [0.1, 0.15) is 12.3 Å². The van der Waals surface area contributed by atoms with Gasteiger partial charge in [-0.15, -0.1) is 0 Å². The Balaban J connectivity index is 2.14. The van der Waals surface area contributed by atoms with Crippen molar-refractivity contribution in [2.45, 2.75) is 16.0 Å². The van der Waals surface area contributed by atoms with Crippen molar-refractivity contribution in [1.82, 2.24) is 4.72 Å². The van der Waals surface area contributed by atoms with E-state index in [2.05, 4.69) is 4.72 Å². The summed E-state index contributed by atoms with van der Waals surface area (Å²) in [5.41, 5.74) is 0.0422. The Kier molecular flexibility index (Phi) is 6.02. The van der Waals surface area contributed by atoms with Gasteiger partial charge in [-0.2, -0.15) is 13.2 Å². The molecule has 2 rings (SSSR count). The molecule has 2 aromatic rings. The highest BCUT2D eigenvalue weighted by atomic mass is 32.2. The quantitative estimate of drug-likeness (QED) is 0.711. The molecule has 0 saturated heterocycles. The molecule has 7 nitrogen and oxygen atoms in total. The molecule has 0 radical (unpaired) electrons. The summed E-state index contributed by atoms with van der Waals surface area (Å²) in [5.74, 6) is 0.467. The van der Waals surface area contributed by atoms with E-state index in [1.54, 1.807) is 0 Å². The SMILES string of the molecule is COc1ccc(S(=O)(=O)Nc2ccc(S(=O)(=O)NCC(F)(F)F)cc2)cc1. The van der Waals surface area contributed by atoms with E-state index in [1.807, 2.05) is 0 Å². The highest BCUT2D eigenvalue weighted by molar-refractivity contribution is 7.92. The second kappa shape index (κ2) is 7.74. The fraction of sp³-hybridized carbons (Fsp3) is 0.200. The van der Waals surface area contributed by atoms with Crippen LogP contribution in [-0.2, 0) is 20.0 Å². The van der Waals surface area contributed by atoms with Gasteiger partial charge < -0.3 is 4.74 Å². The van der Waals surface area contributed by atoms with E-state index in [1.165, 1.54) is 36.1 Å². The van der Waals surface area contributed by atoms with Crippen LogP contribution >= 0.6 is 0 Å². The van der Waals surface area contributed by atoms with Crippen LogP contribution in [0.1, 0.15) is 0 Å². The number of halogens is 3. The first kappa shape index (κ1) is 21.0. The normalized spacial score (nSPS) is 12.6. The van der Waals surface area contributed by atoms with E-state index in [9.17, 15) is 30.0 Å². The Morgan fingerprint density at radius 3 is 1.81 bits per heavy atom. The summed E-state index contributed by atoms with van der Waals surface area (Å²) >= 11 is 0. The van der Waals surface area contributed by atoms with Gasteiger partial charge in [-0.3, -0.25) is 4.72 Å². The number of methoxy groups -OCH3 is 1. The molecule has 0 amide bonds. The number of anilines is 1. The first-order valence-electron chi connectivity index (χ1n) is 7.26. The predicted octanol–water partition coefficient (Wildman–Crippen LogP) is 2.34. The van der Waals surface area contributed by atoms with E-state index >= 15 is 0 Å². The number of hydrogen-bond acceptors (Lipinski definition) is 5. The van der Waals surface area contributed by atoms with Crippen LogP contribution in [0, 0.1) is 0 Å². The smallest absolute Gasteiger partial charge is 0.402 e. The van der Waals surface area contributed by atoms with Crippen LogP contribution in [-0.4, -0.2) is 36.7 Å². The van der Waals surface area contributed by atoms with Crippen molar-refractivity contribution >= 4 is 25.7 Å². The molecule has 0 aliphatic carbocycles. The van der Waals surface area contributed by atoms with Crippen LogP contribution in [0.3, 0.4) is 0 Å². The molecule has 0 fully saturated rings. The molecule has 0 atom stereocenters. The molecule has 0 unspecified atom stereocenters. The maximum absolute atomic E-state index is 12.3. The highest BCUT2D eigenvalue weighted by Crippen LogP contribution is 2.21. The molecule has 12 heteroatoms. The van der Waals surface area contributed by atoms with Crippen molar-refractivity contribution in [1.29, 1.82) is 0 Å². The summed E-state index contributed by atoms with van der Waals surface area (Å²) in [7, 11) is -6.88. The first-order chi connectivity index (χ1) is 12.4. The minimum atomic E-state index is -4.69. The Hall–Kier alpha value is -2.31. The molecule has 2 aromatic carbocycles. The molecule has 0 aliphatic heterocycles. The number of benzene rings is 2. The average Bonchev–Trinajstić information content (AvgIpc) is 2.60. The van der Waals surface area contributed by atoms with Gasteiger partial charge in [0.15, 0.2) is 0 Å². The van der Waals surface area contributed by atoms with Gasteiger partial charge in [0, 0.05) is 5.69 Å². The minimum absolute atomic E-state index is 0.0422. The minimum Gasteiger partial charge on any atom is -0.497 e. The predicted molar refractivity (Wildman–Crippen MR) is 91.5 cm³/mol. The number of sulfonamides is 2. The number of hydrogen-bond donors (Lipinski definition) is 2. The lowest BCUT2D eigenvalue weighted by Gasteiger charge is -2.11. The lowest BCUT2D eigenvalue weighted by Crippen LogP contribution is -2.33. The van der Waals surface area contributed by atoms with Crippen molar-refractivity contribution < 1.29 is 34.7 Å². The summed E-state index contributed by atoms with van der Waals surface area (Å²) in [5, 5.41) is 0. The second-order valence-electron chi connectivity index (χ2n) is 5.25. The summed E-state index contributed by atoms with van der Waals surface area (Å²) in [6.45, 7) is -1.71. The van der Waals surface area contributed by atoms with E-state index in [0.717, 1.165) is 24.3 Å². The van der Waals surface area contributed by atoms with Crippen molar-refractivity contribution in [3.8, 4) is 5.75 Å². The summed E-state index contributed by atoms with van der Waals surface area (Å²) < 4.78 is 93.2. The average molecular weight is 424 g/mol. The maximum atomic E-state index is 12.3. The van der Waals surface area contributed by atoms with Gasteiger partial charge in [0.05, 0.1) is 16.9 Å². The zero-order chi connectivity index (χ0) is 20.3. The molecule has 0 bridgehead atoms. The molecular weight excluding hydrogens is 409 g/mol. The Labute approximate surface area is 154 Å². The van der Waals surface area contributed by atoms with Gasteiger partial charge >= 0.3 is 6.18 Å². The van der Waals surface area contributed by atoms with E-state index < -0.39 is 37.7 Å². The molecule has 0 aliphatic rings. The number of rotatable bonds is 7. The van der Waals surface area contributed by atoms with Crippen molar-refractivity contribution in [2.75, 3.05) is 18.4 Å². The van der Waals surface area contributed by atoms with Crippen molar-refractivity contribution in [3.05, 3.63) is 48.5 Å². The molecule has 148 valence electrons. The largest absolute Gasteiger partial charge is 0.497 e. The Morgan fingerprint density at radius 1 is 0.852 bits per heavy atom. The van der Waals surface area contributed by atoms with Crippen LogP contribution in [0.4, 0.5) is 18.9 Å². The van der Waals surface area contributed by atoms with Crippen LogP contribution in [0.25, 0.3) is 0 Å². The van der Waals surface area contributed by atoms with E-state index in [-0.39, 0.29) is 10.6 Å². The Morgan fingerprint density at radius 2 is 1.33 bits per heavy atom. The third-order valence-electron chi connectivity index (χ3n) is 3.25. The standard InChI is InChI=1S/C15H15F3N2O5S2/c1-25-12-4-8-14(9-5-12)27(23,24)20-11-2-6-13(7-3-11)26(21,22)19-10-15(16,17)18/h2-9,19-20H,10H2,1H3. The zero-order valence-corrected chi connectivity index (χ0v) is 15.5. The van der Waals surface area contributed by atoms with Crippen LogP contribution in [0.2, 0.25) is 0 Å². The number of ether oxygens (including phenoxy) is 1. The third-order valence-corrected chi connectivity index (χ3v) is 6.06. The molecule has 27 heavy (non-hydrogen) atoms. The first-order valence-corrected chi connectivity index (χ1v) is 10.2. The number of nitrogens with one attached hydrogen (secondary N) is 2. The fourth-order valence-electron chi connectivity index (χ4n) is 1.93. The molecule has 0 heterocycles. The fourth-order valence-corrected chi connectivity index (χ4v) is 4.00. The summed E-state index contributed by atoms with van der Waals surface area (Å²) in [6, 6.07) is 9.79. The maximum Gasteiger partial charge on any atom is 0.402 e. The highest BCUT2D eigenvalue weighted by Gasteiger charge is 2.30. The Bertz CT molecular complexity index is 987. The summed E-state index contributed by atoms with van der Waals surface area (Å²) in [4.78, 5) is -0.481. The van der Waals surface area contributed by atoms with Gasteiger partial charge in [-0.1, -0.05) is 0 Å². The molecule has 2 N–H and O–H groups in total. The van der Waals surface area contributed by atoms with E-state index in [4.69, 9.17) is 4.74 Å². The second-order valence-corrected chi connectivity index (χ2v) is 8.69. The van der Waals surface area contributed by atoms with Crippen molar-refractivity contribution in [2.24, 2.45) is 0 Å². The van der Waals surface area contributed by atoms with Gasteiger partial charge in [-0.05, 0) is 48.5 Å². The monoisotopic (exact) mass is 424 g/mol. The molecule has 0 spiro atoms. The molecule has 0 saturated carbocycles. The number of alkyl halides is 3. The summed E-state index contributed by atoms with van der Waals surface area (Å²) in [6.07, 6.45) is -4.69. The van der Waals surface area contributed by atoms with Gasteiger partial charge in [0.2, 0.25) is 10.0 Å². The van der Waals surface area contributed by atoms with Gasteiger partial charge in [-0.25, -0.2) is 21.6 Å². The topological polar surface area (TPSA) is 102 Å². The third kappa shape index (κ3) is 5.84. The molecule has 0 aromatic heterocycles. The van der Waals surface area contributed by atoms with Crippen molar-refractivity contribution in [3.63, 3.8) is 0 Å². The van der Waals surface area contributed by atoms with Crippen LogP contribution < -0.4 is 14.2 Å².